The predicted octanol–water partition coefficient (Wildman–Crippen LogP) is 2.50. The third kappa shape index (κ3) is 3.22. The molecule has 0 saturated carbocycles. The highest BCUT2D eigenvalue weighted by Crippen LogP contribution is 2.24. The number of hydrogen-bond donors (Lipinski definition) is 1. The lowest BCUT2D eigenvalue weighted by Crippen LogP contribution is -2.30. The Balaban J connectivity index is 2.49. The number of sulfonamides is 1. The highest BCUT2D eigenvalue weighted by Gasteiger charge is 2.23. The molecule has 0 heterocycles. The zero-order valence-electron chi connectivity index (χ0n) is 11.7. The minimum absolute atomic E-state index is 0.150. The molecule has 0 atom stereocenters. The summed E-state index contributed by atoms with van der Waals surface area (Å²) in [5, 5.41) is 0. The van der Waals surface area contributed by atoms with Crippen molar-refractivity contribution in [1.82, 2.24) is 0 Å². The van der Waals surface area contributed by atoms with Gasteiger partial charge >= 0.3 is 0 Å². The second-order valence-electron chi connectivity index (χ2n) is 4.50. The van der Waals surface area contributed by atoms with Crippen LogP contribution in [0, 0.1) is 5.82 Å². The van der Waals surface area contributed by atoms with Crippen molar-refractivity contribution in [3.8, 4) is 0 Å². The summed E-state index contributed by atoms with van der Waals surface area (Å²) in [5.74, 6) is -0.475. The summed E-state index contributed by atoms with van der Waals surface area (Å²) in [5.41, 5.74) is 6.57. The van der Waals surface area contributed by atoms with E-state index in [-0.39, 0.29) is 18.0 Å². The van der Waals surface area contributed by atoms with Crippen LogP contribution < -0.4 is 10.0 Å². The van der Waals surface area contributed by atoms with Crippen LogP contribution in [0.3, 0.4) is 0 Å². The van der Waals surface area contributed by atoms with Gasteiger partial charge in [-0.3, -0.25) is 4.31 Å². The van der Waals surface area contributed by atoms with Crippen LogP contribution in [0.2, 0.25) is 0 Å². The standard InChI is InChI=1S/C15H17FN2O2S/c1-2-18(14-7-4-6-13(16)10-14)21(19,20)15-8-3-5-12(9-15)11-17/h3-10H,2,11,17H2,1H3. The van der Waals surface area contributed by atoms with Gasteiger partial charge in [-0.15, -0.1) is 0 Å². The summed E-state index contributed by atoms with van der Waals surface area (Å²) in [6.07, 6.45) is 0. The molecule has 21 heavy (non-hydrogen) atoms. The Morgan fingerprint density at radius 2 is 1.86 bits per heavy atom. The van der Waals surface area contributed by atoms with Crippen molar-refractivity contribution in [3.05, 3.63) is 59.9 Å². The van der Waals surface area contributed by atoms with Crippen molar-refractivity contribution >= 4 is 15.7 Å². The maximum Gasteiger partial charge on any atom is 0.264 e. The summed E-state index contributed by atoms with van der Waals surface area (Å²) in [6.45, 7) is 2.17. The number of benzene rings is 2. The number of nitrogens with zero attached hydrogens (tertiary/aromatic N) is 1. The molecule has 0 aliphatic carbocycles. The Bertz CT molecular complexity index is 732. The molecule has 2 aromatic carbocycles. The molecular weight excluding hydrogens is 291 g/mol. The van der Waals surface area contributed by atoms with E-state index in [4.69, 9.17) is 5.73 Å². The van der Waals surface area contributed by atoms with Crippen molar-refractivity contribution in [1.29, 1.82) is 0 Å². The Labute approximate surface area is 124 Å². The first-order chi connectivity index (χ1) is 9.98. The van der Waals surface area contributed by atoms with Gasteiger partial charge in [0.15, 0.2) is 0 Å². The Morgan fingerprint density at radius 3 is 2.48 bits per heavy atom. The summed E-state index contributed by atoms with van der Waals surface area (Å²) in [7, 11) is -3.74. The van der Waals surface area contributed by atoms with E-state index in [0.717, 1.165) is 5.56 Å². The van der Waals surface area contributed by atoms with Crippen LogP contribution in [0.4, 0.5) is 10.1 Å². The van der Waals surface area contributed by atoms with E-state index in [1.807, 2.05) is 0 Å². The van der Waals surface area contributed by atoms with Gasteiger partial charge in [0.05, 0.1) is 10.6 Å². The van der Waals surface area contributed by atoms with Gasteiger partial charge in [0, 0.05) is 13.1 Å². The lowest BCUT2D eigenvalue weighted by atomic mass is 10.2. The highest BCUT2D eigenvalue weighted by atomic mass is 32.2. The van der Waals surface area contributed by atoms with Crippen LogP contribution in [0.1, 0.15) is 12.5 Å². The first-order valence-corrected chi connectivity index (χ1v) is 8.00. The normalized spacial score (nSPS) is 11.4. The van der Waals surface area contributed by atoms with E-state index < -0.39 is 15.8 Å². The summed E-state index contributed by atoms with van der Waals surface area (Å²) in [6, 6.07) is 12.0. The largest absolute Gasteiger partial charge is 0.326 e. The molecule has 6 heteroatoms. The van der Waals surface area contributed by atoms with E-state index in [0.29, 0.717) is 5.69 Å². The van der Waals surface area contributed by atoms with Crippen LogP contribution >= 0.6 is 0 Å². The lowest BCUT2D eigenvalue weighted by molar-refractivity contribution is 0.591. The Morgan fingerprint density at radius 1 is 1.14 bits per heavy atom. The second-order valence-corrected chi connectivity index (χ2v) is 6.36. The first-order valence-electron chi connectivity index (χ1n) is 6.56. The third-order valence-corrected chi connectivity index (χ3v) is 5.00. The molecular formula is C15H17FN2O2S. The molecule has 0 saturated heterocycles. The van der Waals surface area contributed by atoms with E-state index in [1.165, 1.54) is 34.6 Å². The Hall–Kier alpha value is -1.92. The quantitative estimate of drug-likeness (QED) is 0.923. The molecule has 0 radical (unpaired) electrons. The van der Waals surface area contributed by atoms with Gasteiger partial charge in [0.25, 0.3) is 10.0 Å². The molecule has 2 aromatic rings. The molecule has 2 N–H and O–H groups in total. The number of nitrogens with two attached hydrogens (primary N) is 1. The van der Waals surface area contributed by atoms with Gasteiger partial charge in [-0.1, -0.05) is 18.2 Å². The van der Waals surface area contributed by atoms with E-state index in [9.17, 15) is 12.8 Å². The van der Waals surface area contributed by atoms with E-state index in [1.54, 1.807) is 25.1 Å². The zero-order chi connectivity index (χ0) is 15.5. The molecule has 0 unspecified atom stereocenters. The molecule has 0 spiro atoms. The van der Waals surface area contributed by atoms with Gasteiger partial charge in [0.2, 0.25) is 0 Å². The maximum atomic E-state index is 13.3. The fourth-order valence-electron chi connectivity index (χ4n) is 2.08. The smallest absolute Gasteiger partial charge is 0.264 e. The van der Waals surface area contributed by atoms with Crippen molar-refractivity contribution in [3.63, 3.8) is 0 Å². The van der Waals surface area contributed by atoms with Crippen molar-refractivity contribution < 1.29 is 12.8 Å². The number of hydrogen-bond acceptors (Lipinski definition) is 3. The fourth-order valence-corrected chi connectivity index (χ4v) is 3.62. The third-order valence-electron chi connectivity index (χ3n) is 3.11. The van der Waals surface area contributed by atoms with Gasteiger partial charge < -0.3 is 5.73 Å². The average molecular weight is 308 g/mol. The number of halogens is 1. The molecule has 0 bridgehead atoms. The SMILES string of the molecule is CCN(c1cccc(F)c1)S(=O)(=O)c1cccc(CN)c1. The molecule has 0 aliphatic heterocycles. The number of anilines is 1. The van der Waals surface area contributed by atoms with Crippen molar-refractivity contribution in [2.75, 3.05) is 10.8 Å². The molecule has 0 amide bonds. The summed E-state index contributed by atoms with van der Waals surface area (Å²) in [4.78, 5) is 0.150. The molecule has 0 fully saturated rings. The summed E-state index contributed by atoms with van der Waals surface area (Å²) >= 11 is 0. The molecule has 0 aliphatic rings. The average Bonchev–Trinajstić information content (AvgIpc) is 2.48. The van der Waals surface area contributed by atoms with Crippen molar-refractivity contribution in [2.24, 2.45) is 5.73 Å². The lowest BCUT2D eigenvalue weighted by Gasteiger charge is -2.23. The molecule has 0 aromatic heterocycles. The van der Waals surface area contributed by atoms with Gasteiger partial charge in [-0.2, -0.15) is 0 Å². The topological polar surface area (TPSA) is 63.4 Å². The van der Waals surface area contributed by atoms with Gasteiger partial charge in [-0.05, 0) is 42.8 Å². The maximum absolute atomic E-state index is 13.3. The Kier molecular flexibility index (Phi) is 4.59. The minimum atomic E-state index is -3.74. The molecule has 2 rings (SSSR count). The van der Waals surface area contributed by atoms with Crippen LogP contribution in [-0.4, -0.2) is 15.0 Å². The second kappa shape index (κ2) is 6.24. The van der Waals surface area contributed by atoms with Crippen LogP contribution in [0.5, 0.6) is 0 Å². The van der Waals surface area contributed by atoms with Gasteiger partial charge in [0.1, 0.15) is 5.82 Å². The zero-order valence-corrected chi connectivity index (χ0v) is 12.5. The molecule has 112 valence electrons. The first kappa shape index (κ1) is 15.5. The minimum Gasteiger partial charge on any atom is -0.326 e. The fraction of sp³-hybridized carbons (Fsp3) is 0.200. The van der Waals surface area contributed by atoms with Crippen LogP contribution in [0.15, 0.2) is 53.4 Å². The molecule has 4 nitrogen and oxygen atoms in total. The number of rotatable bonds is 5. The van der Waals surface area contributed by atoms with Crippen molar-refractivity contribution in [2.45, 2.75) is 18.4 Å². The van der Waals surface area contributed by atoms with E-state index >= 15 is 0 Å². The monoisotopic (exact) mass is 308 g/mol. The van der Waals surface area contributed by atoms with Crippen LogP contribution in [0.25, 0.3) is 0 Å². The summed E-state index contributed by atoms with van der Waals surface area (Å²) < 4.78 is 39.9. The predicted molar refractivity (Wildman–Crippen MR) is 80.9 cm³/mol. The highest BCUT2D eigenvalue weighted by molar-refractivity contribution is 7.92. The van der Waals surface area contributed by atoms with E-state index in [2.05, 4.69) is 0 Å². The van der Waals surface area contributed by atoms with Gasteiger partial charge in [-0.25, -0.2) is 12.8 Å². The van der Waals surface area contributed by atoms with Crippen LogP contribution in [-0.2, 0) is 16.6 Å².